The molecule has 10 heteroatoms. The summed E-state index contributed by atoms with van der Waals surface area (Å²) in [5.41, 5.74) is 0.702. The Balaban J connectivity index is 1.33. The second kappa shape index (κ2) is 10.0. The molecular weight excluding hydrogens is 460 g/mol. The molecule has 0 aliphatic carbocycles. The van der Waals surface area contributed by atoms with Gasteiger partial charge in [-0.3, -0.25) is 9.59 Å². The fourth-order valence-corrected chi connectivity index (χ4v) is 5.52. The first kappa shape index (κ1) is 24.0. The number of anilines is 1. The number of likely N-dealkylation sites (N-methyl/N-ethyl adjacent to an activating group) is 1. The van der Waals surface area contributed by atoms with E-state index in [1.165, 1.54) is 21.3 Å². The molecule has 2 aromatic rings. The van der Waals surface area contributed by atoms with E-state index in [9.17, 15) is 18.0 Å². The number of hydrogen-bond acceptors (Lipinski definition) is 7. The zero-order chi connectivity index (χ0) is 24.3. The molecule has 0 bridgehead atoms. The average Bonchev–Trinajstić information content (AvgIpc) is 2.88. The molecule has 1 saturated heterocycles. The van der Waals surface area contributed by atoms with E-state index >= 15 is 0 Å². The molecular formula is C24H28N2O7S. The van der Waals surface area contributed by atoms with Gasteiger partial charge in [0, 0.05) is 31.9 Å². The predicted octanol–water partition coefficient (Wildman–Crippen LogP) is 2.45. The number of carbonyl (C=O) groups is 2. The molecule has 1 fully saturated rings. The monoisotopic (exact) mass is 488 g/mol. The highest BCUT2D eigenvalue weighted by Crippen LogP contribution is 2.34. The smallest absolute Gasteiger partial charge is 0.309 e. The van der Waals surface area contributed by atoms with Crippen LogP contribution in [0.3, 0.4) is 0 Å². The molecule has 0 radical (unpaired) electrons. The molecule has 2 aliphatic rings. The van der Waals surface area contributed by atoms with E-state index < -0.39 is 28.0 Å². The molecule has 0 aromatic heterocycles. The number of ether oxygens (including phenoxy) is 3. The highest BCUT2D eigenvalue weighted by atomic mass is 32.2. The van der Waals surface area contributed by atoms with Crippen LogP contribution >= 0.6 is 0 Å². The Morgan fingerprint density at radius 3 is 2.35 bits per heavy atom. The van der Waals surface area contributed by atoms with Gasteiger partial charge in [0.2, 0.25) is 10.0 Å². The van der Waals surface area contributed by atoms with Crippen LogP contribution in [0.2, 0.25) is 0 Å². The lowest BCUT2D eigenvalue weighted by molar-refractivity contribution is -0.159. The van der Waals surface area contributed by atoms with Crippen molar-refractivity contribution in [3.8, 4) is 11.5 Å². The van der Waals surface area contributed by atoms with Crippen LogP contribution in [-0.2, 0) is 24.3 Å². The van der Waals surface area contributed by atoms with E-state index in [-0.39, 0.29) is 23.9 Å². The Morgan fingerprint density at radius 1 is 1.03 bits per heavy atom. The van der Waals surface area contributed by atoms with Gasteiger partial charge in [-0.2, -0.15) is 4.31 Å². The normalized spacial score (nSPS) is 17.6. The lowest BCUT2D eigenvalue weighted by Gasteiger charge is -2.31. The maximum absolute atomic E-state index is 13.1. The Kier molecular flexibility index (Phi) is 7.08. The number of esters is 1. The molecule has 0 saturated carbocycles. The van der Waals surface area contributed by atoms with Crippen LogP contribution in [0.5, 0.6) is 11.5 Å². The van der Waals surface area contributed by atoms with Gasteiger partial charge in [-0.05, 0) is 44.0 Å². The number of benzene rings is 2. The second-order valence-corrected chi connectivity index (χ2v) is 10.2. The van der Waals surface area contributed by atoms with Gasteiger partial charge in [-0.25, -0.2) is 8.42 Å². The highest BCUT2D eigenvalue weighted by Gasteiger charge is 2.35. The summed E-state index contributed by atoms with van der Waals surface area (Å²) in [6.45, 7) is 2.70. The minimum absolute atomic E-state index is 0.126. The third-order valence-corrected chi connectivity index (χ3v) is 7.95. The molecule has 1 amide bonds. The molecule has 2 heterocycles. The first-order chi connectivity index (χ1) is 16.3. The van der Waals surface area contributed by atoms with Crippen molar-refractivity contribution in [3.05, 3.63) is 48.5 Å². The van der Waals surface area contributed by atoms with E-state index in [1.54, 1.807) is 32.2 Å². The maximum Gasteiger partial charge on any atom is 0.309 e. The van der Waals surface area contributed by atoms with E-state index in [0.29, 0.717) is 43.2 Å². The molecule has 2 aliphatic heterocycles. The van der Waals surface area contributed by atoms with Crippen molar-refractivity contribution in [2.75, 3.05) is 38.3 Å². The minimum Gasteiger partial charge on any atom is -0.486 e. The summed E-state index contributed by atoms with van der Waals surface area (Å²) in [6.07, 6.45) is -0.312. The largest absolute Gasteiger partial charge is 0.486 e. The van der Waals surface area contributed by atoms with E-state index in [0.717, 1.165) is 0 Å². The summed E-state index contributed by atoms with van der Waals surface area (Å²) in [4.78, 5) is 26.9. The molecule has 182 valence electrons. The SMILES string of the molecule is C[C@@H](OC(=O)C1CCN(S(=O)(=O)c2ccc3c(c2)OCCO3)CC1)C(=O)N(C)c1ccccc1. The van der Waals surface area contributed by atoms with E-state index in [4.69, 9.17) is 14.2 Å². The fourth-order valence-electron chi connectivity index (χ4n) is 4.04. The number of fused-ring (bicyclic) bond motifs is 1. The minimum atomic E-state index is -3.74. The first-order valence-electron chi connectivity index (χ1n) is 11.2. The Morgan fingerprint density at radius 2 is 1.68 bits per heavy atom. The molecule has 0 spiro atoms. The van der Waals surface area contributed by atoms with Crippen molar-refractivity contribution in [1.82, 2.24) is 4.31 Å². The van der Waals surface area contributed by atoms with E-state index in [2.05, 4.69) is 0 Å². The Labute approximate surface area is 199 Å². The van der Waals surface area contributed by atoms with E-state index in [1.807, 2.05) is 18.2 Å². The number of sulfonamides is 1. The van der Waals surface area contributed by atoms with Crippen molar-refractivity contribution < 1.29 is 32.2 Å². The average molecular weight is 489 g/mol. The number of rotatable bonds is 6. The van der Waals surface area contributed by atoms with Gasteiger partial charge in [-0.15, -0.1) is 0 Å². The summed E-state index contributed by atoms with van der Waals surface area (Å²) in [7, 11) is -2.11. The van der Waals surface area contributed by atoms with Crippen molar-refractivity contribution in [2.45, 2.75) is 30.8 Å². The maximum atomic E-state index is 13.1. The van der Waals surface area contributed by atoms with Gasteiger partial charge in [0.25, 0.3) is 5.91 Å². The van der Waals surface area contributed by atoms with Gasteiger partial charge in [0.15, 0.2) is 17.6 Å². The van der Waals surface area contributed by atoms with Crippen molar-refractivity contribution in [3.63, 3.8) is 0 Å². The lowest BCUT2D eigenvalue weighted by atomic mass is 9.98. The predicted molar refractivity (Wildman–Crippen MR) is 124 cm³/mol. The number of amides is 1. The fraction of sp³-hybridized carbons (Fsp3) is 0.417. The van der Waals surface area contributed by atoms with Crippen molar-refractivity contribution >= 4 is 27.6 Å². The topological polar surface area (TPSA) is 102 Å². The number of nitrogens with zero attached hydrogens (tertiary/aromatic N) is 2. The highest BCUT2D eigenvalue weighted by molar-refractivity contribution is 7.89. The van der Waals surface area contributed by atoms with Crippen molar-refractivity contribution in [1.29, 1.82) is 0 Å². The van der Waals surface area contributed by atoms with Gasteiger partial charge >= 0.3 is 5.97 Å². The Bertz CT molecular complexity index is 1150. The molecule has 0 unspecified atom stereocenters. The molecule has 1 atom stereocenters. The number of hydrogen-bond donors (Lipinski definition) is 0. The second-order valence-electron chi connectivity index (χ2n) is 8.30. The van der Waals surface area contributed by atoms with Gasteiger partial charge < -0.3 is 19.1 Å². The first-order valence-corrected chi connectivity index (χ1v) is 12.6. The number of carbonyl (C=O) groups excluding carboxylic acids is 2. The molecule has 4 rings (SSSR count). The van der Waals surface area contributed by atoms with Gasteiger partial charge in [-0.1, -0.05) is 18.2 Å². The van der Waals surface area contributed by atoms with Crippen LogP contribution in [-0.4, -0.2) is 64.1 Å². The summed E-state index contributed by atoms with van der Waals surface area (Å²) in [5, 5.41) is 0. The van der Waals surface area contributed by atoms with Gasteiger partial charge in [0.05, 0.1) is 10.8 Å². The molecule has 2 aromatic carbocycles. The zero-order valence-electron chi connectivity index (χ0n) is 19.2. The molecule has 34 heavy (non-hydrogen) atoms. The quantitative estimate of drug-likeness (QED) is 0.576. The summed E-state index contributed by atoms with van der Waals surface area (Å²) >= 11 is 0. The van der Waals surface area contributed by atoms with Gasteiger partial charge in [0.1, 0.15) is 13.2 Å². The van der Waals surface area contributed by atoms with Crippen LogP contribution in [0.1, 0.15) is 19.8 Å². The number of piperidine rings is 1. The molecule has 9 nitrogen and oxygen atoms in total. The van der Waals surface area contributed by atoms with Crippen LogP contribution in [0, 0.1) is 5.92 Å². The molecule has 0 N–H and O–H groups in total. The summed E-state index contributed by atoms with van der Waals surface area (Å²) in [5.74, 6) is -0.362. The van der Waals surface area contributed by atoms with Crippen LogP contribution < -0.4 is 14.4 Å². The number of para-hydroxylation sites is 1. The Hall–Kier alpha value is -3.11. The van der Waals surface area contributed by atoms with Crippen LogP contribution in [0.4, 0.5) is 5.69 Å². The third kappa shape index (κ3) is 5.02. The lowest BCUT2D eigenvalue weighted by Crippen LogP contribution is -2.42. The van der Waals surface area contributed by atoms with Crippen LogP contribution in [0.15, 0.2) is 53.4 Å². The summed E-state index contributed by atoms with van der Waals surface area (Å²) < 4.78 is 43.9. The van der Waals surface area contributed by atoms with Crippen molar-refractivity contribution in [2.24, 2.45) is 5.92 Å². The zero-order valence-corrected chi connectivity index (χ0v) is 20.0. The summed E-state index contributed by atoms with van der Waals surface area (Å²) in [6, 6.07) is 13.7. The third-order valence-electron chi connectivity index (χ3n) is 6.05. The van der Waals surface area contributed by atoms with Crippen LogP contribution in [0.25, 0.3) is 0 Å². The standard InChI is InChI=1S/C24H28N2O7S/c1-17(23(27)25(2)19-6-4-3-5-7-19)33-24(28)18-10-12-26(13-11-18)34(29,30)20-8-9-21-22(16-20)32-15-14-31-21/h3-9,16-18H,10-15H2,1-2H3/t17-/m1/s1.